The summed E-state index contributed by atoms with van der Waals surface area (Å²) in [6, 6.07) is 11.1. The van der Waals surface area contributed by atoms with Gasteiger partial charge in [0.2, 0.25) is 0 Å². The van der Waals surface area contributed by atoms with Gasteiger partial charge in [-0.05, 0) is 30.5 Å². The molecular weight excluding hydrogens is 408 g/mol. The van der Waals surface area contributed by atoms with Gasteiger partial charge >= 0.3 is 0 Å². The van der Waals surface area contributed by atoms with Gasteiger partial charge in [0.1, 0.15) is 17.3 Å². The molecule has 0 radical (unpaired) electrons. The van der Waals surface area contributed by atoms with Gasteiger partial charge in [-0.15, -0.1) is 0 Å². The minimum absolute atomic E-state index is 0.240. The summed E-state index contributed by atoms with van der Waals surface area (Å²) in [5, 5.41) is 3.87. The summed E-state index contributed by atoms with van der Waals surface area (Å²) in [6.45, 7) is 4.24. The molecule has 2 aromatic carbocycles. The Morgan fingerprint density at radius 2 is 1.78 bits per heavy atom. The molecule has 0 spiro atoms. The molecule has 168 valence electrons. The number of amides is 1. The Morgan fingerprint density at radius 3 is 2.44 bits per heavy atom. The predicted molar refractivity (Wildman–Crippen MR) is 124 cm³/mol. The molecule has 8 nitrogen and oxygen atoms in total. The van der Waals surface area contributed by atoms with E-state index in [1.54, 1.807) is 33.5 Å². The first kappa shape index (κ1) is 21.5. The molecule has 32 heavy (non-hydrogen) atoms. The number of methoxy groups -OCH3 is 3. The second kappa shape index (κ2) is 8.82. The minimum Gasteiger partial charge on any atom is -0.496 e. The first-order chi connectivity index (χ1) is 15.4. The molecule has 2 heterocycles. The normalized spacial score (nSPS) is 12.3. The molecule has 0 saturated heterocycles. The van der Waals surface area contributed by atoms with Crippen LogP contribution in [0.1, 0.15) is 42.6 Å². The van der Waals surface area contributed by atoms with Crippen LogP contribution < -0.4 is 19.5 Å². The maximum Gasteiger partial charge on any atom is 0.268 e. The lowest BCUT2D eigenvalue weighted by molar-refractivity contribution is 0.0926. The molecule has 1 atom stereocenters. The third kappa shape index (κ3) is 3.95. The van der Waals surface area contributed by atoms with Gasteiger partial charge in [-0.1, -0.05) is 26.0 Å². The zero-order valence-electron chi connectivity index (χ0n) is 18.9. The number of carbonyl (C=O) groups excluding carboxylic acids is 1. The molecular formula is C24H28N4O4. The number of ether oxygens (including phenoxy) is 3. The van der Waals surface area contributed by atoms with Crippen LogP contribution in [0.25, 0.3) is 21.9 Å². The number of carbonyl (C=O) groups is 1. The van der Waals surface area contributed by atoms with E-state index in [4.69, 9.17) is 19.2 Å². The number of nitrogens with one attached hydrogen (secondary N) is 3. The van der Waals surface area contributed by atoms with Crippen molar-refractivity contribution < 1.29 is 19.0 Å². The lowest BCUT2D eigenvalue weighted by Gasteiger charge is -2.18. The van der Waals surface area contributed by atoms with E-state index < -0.39 is 0 Å². The van der Waals surface area contributed by atoms with E-state index in [1.807, 2.05) is 24.3 Å². The smallest absolute Gasteiger partial charge is 0.268 e. The van der Waals surface area contributed by atoms with Gasteiger partial charge in [-0.25, -0.2) is 4.98 Å². The van der Waals surface area contributed by atoms with E-state index in [2.05, 4.69) is 29.1 Å². The molecule has 0 saturated carbocycles. The summed E-state index contributed by atoms with van der Waals surface area (Å²) in [5.74, 6) is 2.48. The van der Waals surface area contributed by atoms with Crippen LogP contribution in [0.15, 0.2) is 36.4 Å². The summed E-state index contributed by atoms with van der Waals surface area (Å²) >= 11 is 0. The highest BCUT2D eigenvalue weighted by Gasteiger charge is 2.24. The SMILES string of the molecule is COc1cc(OC)c2cc(C(=O)NC(CC(C)C)c3nc4ccccc4[nH]3)[nH]c2c1OC. The molecule has 1 amide bonds. The number of nitrogens with zero attached hydrogens (tertiary/aromatic N) is 1. The second-order valence-electron chi connectivity index (χ2n) is 8.08. The topological polar surface area (TPSA) is 101 Å². The highest BCUT2D eigenvalue weighted by molar-refractivity contribution is 6.02. The van der Waals surface area contributed by atoms with Crippen LogP contribution in [-0.2, 0) is 0 Å². The maximum absolute atomic E-state index is 13.3. The monoisotopic (exact) mass is 436 g/mol. The Kier molecular flexibility index (Phi) is 5.94. The first-order valence-corrected chi connectivity index (χ1v) is 10.5. The summed E-state index contributed by atoms with van der Waals surface area (Å²) in [5.41, 5.74) is 2.85. The molecule has 4 rings (SSSR count). The largest absolute Gasteiger partial charge is 0.496 e. The first-order valence-electron chi connectivity index (χ1n) is 10.5. The Morgan fingerprint density at radius 1 is 1.03 bits per heavy atom. The summed E-state index contributed by atoms with van der Waals surface area (Å²) in [6.07, 6.45) is 0.742. The van der Waals surface area contributed by atoms with Crippen molar-refractivity contribution in [3.63, 3.8) is 0 Å². The van der Waals surface area contributed by atoms with Crippen LogP contribution in [0.4, 0.5) is 0 Å². The fraction of sp³-hybridized carbons (Fsp3) is 0.333. The van der Waals surface area contributed by atoms with E-state index in [0.29, 0.717) is 34.4 Å². The molecule has 0 aliphatic carbocycles. The standard InChI is InChI=1S/C24H28N4O4/c1-13(2)10-17(23-26-15-8-6-7-9-16(15)27-23)28-24(29)18-11-14-19(30-3)12-20(31-4)22(32-5)21(14)25-18/h6-9,11-13,17,25H,10H2,1-5H3,(H,26,27)(H,28,29). The molecule has 4 aromatic rings. The maximum atomic E-state index is 13.3. The molecule has 0 aliphatic heterocycles. The number of aromatic nitrogens is 3. The molecule has 1 unspecified atom stereocenters. The van der Waals surface area contributed by atoms with E-state index in [0.717, 1.165) is 28.7 Å². The van der Waals surface area contributed by atoms with Crippen LogP contribution >= 0.6 is 0 Å². The van der Waals surface area contributed by atoms with Crippen molar-refractivity contribution in [2.45, 2.75) is 26.3 Å². The van der Waals surface area contributed by atoms with Crippen molar-refractivity contribution >= 4 is 27.8 Å². The van der Waals surface area contributed by atoms with Crippen LogP contribution in [0.2, 0.25) is 0 Å². The van der Waals surface area contributed by atoms with Gasteiger partial charge < -0.3 is 29.5 Å². The summed E-state index contributed by atoms with van der Waals surface area (Å²) in [7, 11) is 4.70. The van der Waals surface area contributed by atoms with Gasteiger partial charge in [0.25, 0.3) is 5.91 Å². The van der Waals surface area contributed by atoms with Crippen LogP contribution in [0, 0.1) is 5.92 Å². The fourth-order valence-electron chi connectivity index (χ4n) is 3.94. The van der Waals surface area contributed by atoms with Gasteiger partial charge in [-0.2, -0.15) is 0 Å². The Hall–Kier alpha value is -3.68. The van der Waals surface area contributed by atoms with Crippen molar-refractivity contribution in [1.29, 1.82) is 0 Å². The highest BCUT2D eigenvalue weighted by atomic mass is 16.5. The van der Waals surface area contributed by atoms with E-state index in [-0.39, 0.29) is 11.9 Å². The third-order valence-corrected chi connectivity index (χ3v) is 5.43. The van der Waals surface area contributed by atoms with Gasteiger partial charge in [-0.3, -0.25) is 4.79 Å². The highest BCUT2D eigenvalue weighted by Crippen LogP contribution is 2.41. The number of rotatable bonds is 8. The van der Waals surface area contributed by atoms with Gasteiger partial charge in [0.05, 0.1) is 43.9 Å². The quantitative estimate of drug-likeness (QED) is 0.375. The average Bonchev–Trinajstić information content (AvgIpc) is 3.41. The van der Waals surface area contributed by atoms with Gasteiger partial charge in [0, 0.05) is 11.5 Å². The zero-order valence-corrected chi connectivity index (χ0v) is 18.9. The Bertz CT molecular complexity index is 1220. The minimum atomic E-state index is -0.264. The summed E-state index contributed by atoms with van der Waals surface area (Å²) < 4.78 is 16.4. The van der Waals surface area contributed by atoms with Crippen LogP contribution in [-0.4, -0.2) is 42.2 Å². The molecule has 2 aromatic heterocycles. The van der Waals surface area contributed by atoms with E-state index in [9.17, 15) is 4.79 Å². The molecule has 0 bridgehead atoms. The van der Waals surface area contributed by atoms with E-state index in [1.165, 1.54) is 0 Å². The molecule has 0 fully saturated rings. The van der Waals surface area contributed by atoms with Crippen molar-refractivity contribution in [2.24, 2.45) is 5.92 Å². The molecule has 3 N–H and O–H groups in total. The number of H-pyrrole nitrogens is 2. The van der Waals surface area contributed by atoms with E-state index >= 15 is 0 Å². The summed E-state index contributed by atoms with van der Waals surface area (Å²) in [4.78, 5) is 24.5. The van der Waals surface area contributed by atoms with Crippen molar-refractivity contribution in [2.75, 3.05) is 21.3 Å². The molecule has 0 aliphatic rings. The van der Waals surface area contributed by atoms with Crippen LogP contribution in [0.5, 0.6) is 17.2 Å². The van der Waals surface area contributed by atoms with Crippen molar-refractivity contribution in [1.82, 2.24) is 20.3 Å². The number of para-hydroxylation sites is 2. The number of fused-ring (bicyclic) bond motifs is 2. The number of hydrogen-bond donors (Lipinski definition) is 3. The number of benzene rings is 2. The van der Waals surface area contributed by atoms with Gasteiger partial charge in [0.15, 0.2) is 11.5 Å². The third-order valence-electron chi connectivity index (χ3n) is 5.43. The lowest BCUT2D eigenvalue weighted by Crippen LogP contribution is -2.30. The predicted octanol–water partition coefficient (Wildman–Crippen LogP) is 4.59. The van der Waals surface area contributed by atoms with Crippen molar-refractivity contribution in [3.8, 4) is 17.2 Å². The number of imidazole rings is 1. The fourth-order valence-corrected chi connectivity index (χ4v) is 3.94. The average molecular weight is 437 g/mol. The second-order valence-corrected chi connectivity index (χ2v) is 8.08. The number of hydrogen-bond acceptors (Lipinski definition) is 5. The Balaban J connectivity index is 1.70. The zero-order chi connectivity index (χ0) is 22.8. The Labute approximate surface area is 186 Å². The van der Waals surface area contributed by atoms with Crippen molar-refractivity contribution in [3.05, 3.63) is 47.9 Å². The lowest BCUT2D eigenvalue weighted by atomic mass is 10.0. The van der Waals surface area contributed by atoms with Crippen LogP contribution in [0.3, 0.4) is 0 Å². The molecule has 8 heteroatoms. The number of aromatic amines is 2.